The van der Waals surface area contributed by atoms with E-state index in [-0.39, 0.29) is 12.5 Å². The predicted octanol–water partition coefficient (Wildman–Crippen LogP) is 5.03. The molecular weight excluding hydrogens is 423 g/mol. The molecule has 0 fully saturated rings. The first-order valence-electron chi connectivity index (χ1n) is 9.96. The minimum absolute atomic E-state index is 0.00392. The van der Waals surface area contributed by atoms with Gasteiger partial charge in [-0.2, -0.15) is 13.2 Å². The molecule has 2 aromatic carbocycles. The Balaban J connectivity index is 1.72. The number of fused-ring (bicyclic) bond motifs is 2. The minimum Gasteiger partial charge on any atom is -0.454 e. The first-order valence-corrected chi connectivity index (χ1v) is 9.96. The number of ether oxygens (including phenoxy) is 2. The second-order valence-corrected chi connectivity index (χ2v) is 8.41. The number of aliphatic imine (C=N–C) groups is 1. The van der Waals surface area contributed by atoms with Crippen LogP contribution < -0.4 is 9.47 Å². The van der Waals surface area contributed by atoms with Gasteiger partial charge in [-0.05, 0) is 37.0 Å². The number of alkyl halides is 3. The fourth-order valence-corrected chi connectivity index (χ4v) is 3.87. The molecule has 0 aliphatic carbocycles. The molecule has 1 aliphatic rings. The molecule has 1 N–H and O–H groups in total. The lowest BCUT2D eigenvalue weighted by molar-refractivity contribution is -0.234. The summed E-state index contributed by atoms with van der Waals surface area (Å²) < 4.78 is 53.0. The molecule has 32 heavy (non-hydrogen) atoms. The maximum absolute atomic E-state index is 14.1. The monoisotopic (exact) mass is 445 g/mol. The van der Waals surface area contributed by atoms with Gasteiger partial charge in [-0.25, -0.2) is 9.97 Å². The molecule has 2 heterocycles. The smallest absolute Gasteiger partial charge is 0.422 e. The molecule has 0 bridgehead atoms. The third-order valence-corrected chi connectivity index (χ3v) is 5.47. The van der Waals surface area contributed by atoms with E-state index in [2.05, 4.69) is 15.0 Å². The number of nitrogens with zero attached hydrogens (tertiary/aromatic N) is 3. The van der Waals surface area contributed by atoms with Crippen LogP contribution in [0.25, 0.3) is 10.9 Å². The Bertz CT molecular complexity index is 1190. The molecule has 6 nitrogen and oxygen atoms in total. The summed E-state index contributed by atoms with van der Waals surface area (Å²) in [5, 5.41) is 11.3. The maximum Gasteiger partial charge on any atom is 0.422 e. The fourth-order valence-electron chi connectivity index (χ4n) is 3.87. The number of rotatable bonds is 5. The molecule has 0 amide bonds. The molecule has 1 aliphatic heterocycles. The highest BCUT2D eigenvalue weighted by molar-refractivity contribution is 5.91. The molecule has 1 aromatic heterocycles. The second kappa shape index (κ2) is 7.74. The molecule has 3 aromatic rings. The summed E-state index contributed by atoms with van der Waals surface area (Å²) in [7, 11) is 0. The Hall–Kier alpha value is -3.20. The lowest BCUT2D eigenvalue weighted by atomic mass is 9.74. The average molecular weight is 445 g/mol. The van der Waals surface area contributed by atoms with Crippen LogP contribution >= 0.6 is 0 Å². The molecule has 9 heteroatoms. The molecular formula is C23H22F3N3O3. The van der Waals surface area contributed by atoms with Gasteiger partial charge in [0.05, 0.1) is 11.2 Å². The SMILES string of the molecule is Cc1ncc2c(N=CC(O)(CC(C)(C)c3cccc4c3OCO4)C(F)(F)F)cccc2n1. The number of para-hydroxylation sites is 1. The van der Waals surface area contributed by atoms with Gasteiger partial charge >= 0.3 is 6.18 Å². The standard InChI is InChI=1S/C23H22F3N3O3/c1-14-27-10-15-17(7-5-8-18(15)29-14)28-12-22(30,23(24,25)26)11-21(2,3)16-6-4-9-19-20(16)32-13-31-19/h4-10,12,30H,11,13H2,1-3H3. The Kier molecular flexibility index (Phi) is 5.32. The summed E-state index contributed by atoms with van der Waals surface area (Å²) in [5.41, 5.74) is -3.00. The zero-order valence-electron chi connectivity index (χ0n) is 17.8. The van der Waals surface area contributed by atoms with Crippen LogP contribution in [0.3, 0.4) is 0 Å². The van der Waals surface area contributed by atoms with Gasteiger partial charge in [0, 0.05) is 23.4 Å². The van der Waals surface area contributed by atoms with E-state index in [1.54, 1.807) is 57.2 Å². The highest BCUT2D eigenvalue weighted by Crippen LogP contribution is 2.46. The number of aliphatic hydroxyl groups is 1. The Labute approximate surface area is 182 Å². The van der Waals surface area contributed by atoms with Crippen molar-refractivity contribution in [3.63, 3.8) is 0 Å². The summed E-state index contributed by atoms with van der Waals surface area (Å²) in [4.78, 5) is 12.4. The summed E-state index contributed by atoms with van der Waals surface area (Å²) in [6.45, 7) is 4.94. The number of aromatic nitrogens is 2. The summed E-state index contributed by atoms with van der Waals surface area (Å²) in [5.74, 6) is 1.39. The number of hydrogen-bond acceptors (Lipinski definition) is 6. The van der Waals surface area contributed by atoms with E-state index in [9.17, 15) is 18.3 Å². The van der Waals surface area contributed by atoms with Crippen molar-refractivity contribution in [2.45, 2.75) is 44.4 Å². The normalized spacial score (nSPS) is 16.0. The summed E-state index contributed by atoms with van der Waals surface area (Å²) in [6, 6.07) is 9.95. The van der Waals surface area contributed by atoms with Gasteiger partial charge in [0.1, 0.15) is 5.82 Å². The molecule has 1 atom stereocenters. The Morgan fingerprint density at radius 2 is 1.88 bits per heavy atom. The van der Waals surface area contributed by atoms with Crippen molar-refractivity contribution in [2.75, 3.05) is 6.79 Å². The van der Waals surface area contributed by atoms with E-state index in [0.29, 0.717) is 40.0 Å². The van der Waals surface area contributed by atoms with Crippen molar-refractivity contribution < 1.29 is 27.8 Å². The van der Waals surface area contributed by atoms with Crippen LogP contribution in [0, 0.1) is 6.92 Å². The van der Waals surface area contributed by atoms with Crippen LogP contribution in [0.15, 0.2) is 47.6 Å². The highest BCUT2D eigenvalue weighted by Gasteiger charge is 2.55. The van der Waals surface area contributed by atoms with Gasteiger partial charge in [-0.15, -0.1) is 0 Å². The van der Waals surface area contributed by atoms with Crippen molar-refractivity contribution in [2.24, 2.45) is 4.99 Å². The van der Waals surface area contributed by atoms with Crippen molar-refractivity contribution in [3.05, 3.63) is 54.0 Å². The van der Waals surface area contributed by atoms with Crippen molar-refractivity contribution in [3.8, 4) is 11.5 Å². The van der Waals surface area contributed by atoms with E-state index < -0.39 is 23.6 Å². The summed E-state index contributed by atoms with van der Waals surface area (Å²) >= 11 is 0. The van der Waals surface area contributed by atoms with Gasteiger partial charge in [0.2, 0.25) is 6.79 Å². The van der Waals surface area contributed by atoms with Crippen LogP contribution in [-0.4, -0.2) is 39.9 Å². The van der Waals surface area contributed by atoms with Gasteiger partial charge in [0.25, 0.3) is 0 Å². The van der Waals surface area contributed by atoms with Crippen LogP contribution in [0.4, 0.5) is 18.9 Å². The molecule has 0 saturated heterocycles. The largest absolute Gasteiger partial charge is 0.454 e. The van der Waals surface area contributed by atoms with Crippen LogP contribution in [0.2, 0.25) is 0 Å². The third kappa shape index (κ3) is 4.00. The third-order valence-electron chi connectivity index (χ3n) is 5.47. The lowest BCUT2D eigenvalue weighted by Gasteiger charge is -2.35. The van der Waals surface area contributed by atoms with Crippen LogP contribution in [0.5, 0.6) is 11.5 Å². The molecule has 4 rings (SSSR count). The van der Waals surface area contributed by atoms with Crippen molar-refractivity contribution >= 4 is 22.8 Å². The fraction of sp³-hybridized carbons (Fsp3) is 0.348. The number of hydrogen-bond donors (Lipinski definition) is 1. The van der Waals surface area contributed by atoms with E-state index in [0.717, 1.165) is 0 Å². The average Bonchev–Trinajstić information content (AvgIpc) is 3.19. The molecule has 168 valence electrons. The van der Waals surface area contributed by atoms with Gasteiger partial charge in [-0.3, -0.25) is 4.99 Å². The second-order valence-electron chi connectivity index (χ2n) is 8.41. The quantitative estimate of drug-likeness (QED) is 0.558. The van der Waals surface area contributed by atoms with Crippen molar-refractivity contribution in [1.82, 2.24) is 9.97 Å². The number of halogens is 3. The zero-order valence-corrected chi connectivity index (χ0v) is 17.8. The van der Waals surface area contributed by atoms with Crippen molar-refractivity contribution in [1.29, 1.82) is 0 Å². The van der Waals surface area contributed by atoms with E-state index in [1.807, 2.05) is 0 Å². The lowest BCUT2D eigenvalue weighted by Crippen LogP contribution is -2.50. The predicted molar refractivity (Wildman–Crippen MR) is 114 cm³/mol. The molecule has 1 unspecified atom stereocenters. The topological polar surface area (TPSA) is 76.8 Å². The van der Waals surface area contributed by atoms with Gasteiger partial charge in [-0.1, -0.05) is 32.0 Å². The maximum atomic E-state index is 14.1. The molecule has 0 spiro atoms. The van der Waals surface area contributed by atoms with Gasteiger partial charge in [0.15, 0.2) is 17.1 Å². The number of aryl methyl sites for hydroxylation is 1. The van der Waals surface area contributed by atoms with E-state index in [4.69, 9.17) is 9.47 Å². The first-order chi connectivity index (χ1) is 15.0. The van der Waals surface area contributed by atoms with E-state index in [1.165, 1.54) is 6.20 Å². The number of benzene rings is 2. The van der Waals surface area contributed by atoms with Crippen LogP contribution in [-0.2, 0) is 5.41 Å². The summed E-state index contributed by atoms with van der Waals surface area (Å²) in [6.07, 6.45) is -3.57. The molecule has 0 radical (unpaired) electrons. The van der Waals surface area contributed by atoms with Crippen LogP contribution in [0.1, 0.15) is 31.7 Å². The molecule has 0 saturated carbocycles. The highest BCUT2D eigenvalue weighted by atomic mass is 19.4. The van der Waals surface area contributed by atoms with Gasteiger partial charge < -0.3 is 14.6 Å². The zero-order chi connectivity index (χ0) is 23.1. The van der Waals surface area contributed by atoms with E-state index >= 15 is 0 Å². The Morgan fingerprint density at radius 1 is 1.12 bits per heavy atom. The first kappa shape index (κ1) is 22.0. The Morgan fingerprint density at radius 3 is 2.62 bits per heavy atom. The minimum atomic E-state index is -4.96.